The highest BCUT2D eigenvalue weighted by Crippen LogP contribution is 2.47. The van der Waals surface area contributed by atoms with Gasteiger partial charge in [0.25, 0.3) is 0 Å². The first kappa shape index (κ1) is 22.1. The van der Waals surface area contributed by atoms with E-state index in [2.05, 4.69) is 41.1 Å². The van der Waals surface area contributed by atoms with Crippen molar-refractivity contribution in [3.05, 3.63) is 47.7 Å². The Labute approximate surface area is 174 Å². The van der Waals surface area contributed by atoms with E-state index in [9.17, 15) is 5.11 Å². The van der Waals surface area contributed by atoms with Crippen molar-refractivity contribution in [2.45, 2.75) is 35.1 Å². The highest BCUT2D eigenvalue weighted by Gasteiger charge is 2.46. The fraction of sp³-hybridized carbons (Fsp3) is 0.421. The topological polar surface area (TPSA) is 68.4 Å². The van der Waals surface area contributed by atoms with Crippen LogP contribution in [0.2, 0.25) is 0 Å². The maximum Gasteiger partial charge on any atom is 0.139 e. The maximum absolute atomic E-state index is 10.6. The number of hydrogen-bond donors (Lipinski definition) is 2. The highest BCUT2D eigenvalue weighted by atomic mass is 127. The number of alkyl halides is 1. The molecule has 0 saturated carbocycles. The van der Waals surface area contributed by atoms with Gasteiger partial charge >= 0.3 is 0 Å². The summed E-state index contributed by atoms with van der Waals surface area (Å²) < 4.78 is 5.53. The van der Waals surface area contributed by atoms with Gasteiger partial charge in [-0.3, -0.25) is 0 Å². The Kier molecular flexibility index (Phi) is 6.86. The lowest BCUT2D eigenvalue weighted by molar-refractivity contribution is -0.0135. The van der Waals surface area contributed by atoms with Gasteiger partial charge in [-0.05, 0) is 43.8 Å². The van der Waals surface area contributed by atoms with E-state index in [4.69, 9.17) is 15.5 Å². The number of aliphatic hydroxyl groups is 1. The van der Waals surface area contributed by atoms with Crippen molar-refractivity contribution in [2.75, 3.05) is 13.7 Å². The summed E-state index contributed by atoms with van der Waals surface area (Å²) >= 11 is 2.31. The number of benzene rings is 1. The van der Waals surface area contributed by atoms with E-state index in [1.165, 1.54) is 0 Å². The summed E-state index contributed by atoms with van der Waals surface area (Å²) in [5, 5.41) is 11.7. The smallest absolute Gasteiger partial charge is 0.139 e. The number of pyridine rings is 1. The molecule has 0 aliphatic rings. The summed E-state index contributed by atoms with van der Waals surface area (Å²) in [6.07, 6.45) is 0. The fourth-order valence-corrected chi connectivity index (χ4v) is 4.13. The summed E-state index contributed by atoms with van der Waals surface area (Å²) in [5.41, 5.74) is 7.57. The van der Waals surface area contributed by atoms with Crippen molar-refractivity contribution in [2.24, 2.45) is 5.73 Å². The lowest BCUT2D eigenvalue weighted by Crippen LogP contribution is -2.49. The van der Waals surface area contributed by atoms with Crippen LogP contribution < -0.4 is 11.0 Å². The number of halogens is 1. The van der Waals surface area contributed by atoms with E-state index in [1.54, 1.807) is 21.0 Å². The molecule has 1 aromatic heterocycles. The molecule has 0 saturated heterocycles. The van der Waals surface area contributed by atoms with E-state index in [-0.39, 0.29) is 9.71 Å². The van der Waals surface area contributed by atoms with E-state index < -0.39 is 11.2 Å². The predicted octanol–water partition coefficient (Wildman–Crippen LogP) is 3.30. The second-order valence-corrected chi connectivity index (χ2v) is 12.4. The Balaban J connectivity index is 2.77. The molecule has 1 aromatic carbocycles. The molecule has 0 radical (unpaired) electrons. The van der Waals surface area contributed by atoms with Crippen LogP contribution in [0.25, 0.3) is 11.3 Å². The number of rotatable bonds is 6. The van der Waals surface area contributed by atoms with Crippen molar-refractivity contribution >= 4 is 46.4 Å². The van der Waals surface area contributed by atoms with Crippen LogP contribution in [0.5, 0.6) is 0 Å². The van der Waals surface area contributed by atoms with Gasteiger partial charge in [0.1, 0.15) is 5.60 Å². The lowest BCUT2D eigenvalue weighted by atomic mass is 9.89. The Morgan fingerprint density at radius 2 is 1.77 bits per heavy atom. The van der Waals surface area contributed by atoms with Crippen LogP contribution in [0.15, 0.2) is 36.4 Å². The predicted molar refractivity (Wildman–Crippen MR) is 124 cm³/mol. The van der Waals surface area contributed by atoms with Gasteiger partial charge in [-0.1, -0.05) is 46.9 Å². The van der Waals surface area contributed by atoms with Crippen molar-refractivity contribution in [3.63, 3.8) is 0 Å². The summed E-state index contributed by atoms with van der Waals surface area (Å²) in [7, 11) is 7.12. The fourth-order valence-electron chi connectivity index (χ4n) is 2.83. The van der Waals surface area contributed by atoms with E-state index >= 15 is 0 Å². The second-order valence-electron chi connectivity index (χ2n) is 7.12. The molecule has 0 fully saturated rings. The molecule has 0 bridgehead atoms. The zero-order valence-corrected chi connectivity index (χ0v) is 20.1. The number of hydrogen-bond acceptors (Lipinski definition) is 4. The highest BCUT2D eigenvalue weighted by molar-refractivity contribution is 14.1. The molecule has 142 valence electrons. The molecular formula is C19H27IN2O2P2. The molecule has 7 heteroatoms. The van der Waals surface area contributed by atoms with Gasteiger partial charge in [0.2, 0.25) is 0 Å². The van der Waals surface area contributed by atoms with Crippen LogP contribution in [0, 0.1) is 0 Å². The molecule has 4 nitrogen and oxygen atoms in total. The minimum Gasteiger partial charge on any atom is -0.386 e. The molecule has 0 amide bonds. The molecule has 4 unspecified atom stereocenters. The van der Waals surface area contributed by atoms with Crippen LogP contribution in [0.1, 0.15) is 32.0 Å². The quantitative estimate of drug-likeness (QED) is 0.360. The molecule has 0 aliphatic carbocycles. The lowest BCUT2D eigenvalue weighted by Gasteiger charge is -2.41. The van der Waals surface area contributed by atoms with Gasteiger partial charge in [-0.25, -0.2) is 4.98 Å². The van der Waals surface area contributed by atoms with Crippen LogP contribution in [0.4, 0.5) is 0 Å². The largest absolute Gasteiger partial charge is 0.386 e. The van der Waals surface area contributed by atoms with Crippen LogP contribution in [-0.2, 0) is 15.9 Å². The summed E-state index contributed by atoms with van der Waals surface area (Å²) in [6.45, 7) is 5.83. The minimum absolute atomic E-state index is 0.263. The average molecular weight is 504 g/mol. The van der Waals surface area contributed by atoms with Crippen molar-refractivity contribution < 1.29 is 9.84 Å². The monoisotopic (exact) mass is 504 g/mol. The number of aromatic nitrogens is 1. The zero-order valence-electron chi connectivity index (χ0n) is 15.6. The summed E-state index contributed by atoms with van der Waals surface area (Å²) in [5.74, 6) is 0. The number of ether oxygens (including phenoxy) is 1. The first-order valence-corrected chi connectivity index (χ1v) is 10.5. The van der Waals surface area contributed by atoms with Crippen molar-refractivity contribution in [1.29, 1.82) is 0 Å². The van der Waals surface area contributed by atoms with Crippen LogP contribution >= 0.6 is 41.1 Å². The van der Waals surface area contributed by atoms with Gasteiger partial charge in [-0.15, -0.1) is 18.5 Å². The van der Waals surface area contributed by atoms with E-state index in [1.807, 2.05) is 43.3 Å². The molecule has 3 N–H and O–H groups in total. The number of methoxy groups -OCH3 is 1. The minimum atomic E-state index is -1.01. The molecule has 2 aromatic rings. The Morgan fingerprint density at radius 3 is 2.19 bits per heavy atom. The molecule has 26 heavy (non-hydrogen) atoms. The number of nitrogens with zero attached hydrogens (tertiary/aromatic N) is 1. The van der Waals surface area contributed by atoms with Gasteiger partial charge < -0.3 is 15.6 Å². The van der Waals surface area contributed by atoms with Crippen LogP contribution in [0.3, 0.4) is 0 Å². The molecule has 0 spiro atoms. The average Bonchev–Trinajstić information content (AvgIpc) is 2.55. The molecule has 0 aliphatic heterocycles. The third-order valence-corrected chi connectivity index (χ3v) is 6.30. The standard InChI is InChI=1S/C19H27IN2O2P2/c1-17(2,23)13-9-15(12-5-7-14(25)8-6-12)22-16(10-13)19(11-21,24-4)18(3,20)26/h5-10,23H,11,21,25-26H2,1-4H3. The molecule has 1 heterocycles. The summed E-state index contributed by atoms with van der Waals surface area (Å²) in [4.78, 5) is 4.89. The third kappa shape index (κ3) is 4.45. The Bertz CT molecular complexity index is 765. The van der Waals surface area contributed by atoms with E-state index in [0.717, 1.165) is 22.1 Å². The first-order valence-electron chi connectivity index (χ1n) is 8.29. The molecule has 4 atom stereocenters. The van der Waals surface area contributed by atoms with Gasteiger partial charge in [0, 0.05) is 19.2 Å². The Morgan fingerprint density at radius 1 is 1.19 bits per heavy atom. The first-order chi connectivity index (χ1) is 11.9. The van der Waals surface area contributed by atoms with Crippen LogP contribution in [-0.4, -0.2) is 26.9 Å². The van der Waals surface area contributed by atoms with Gasteiger partial charge in [0.05, 0.1) is 20.2 Å². The van der Waals surface area contributed by atoms with Gasteiger partial charge in [0.15, 0.2) is 0 Å². The summed E-state index contributed by atoms with van der Waals surface area (Å²) in [6, 6.07) is 11.9. The second kappa shape index (κ2) is 8.06. The maximum atomic E-state index is 10.6. The SMILES string of the molecule is COC(CN)(c1cc(C(C)(C)O)cc(-c2ccc(P)cc2)n1)C(C)(P)I. The van der Waals surface area contributed by atoms with E-state index in [0.29, 0.717) is 5.69 Å². The van der Waals surface area contributed by atoms with Gasteiger partial charge in [-0.2, -0.15) is 0 Å². The molecular weight excluding hydrogens is 477 g/mol. The third-order valence-electron chi connectivity index (χ3n) is 4.58. The number of nitrogens with two attached hydrogens (primary N) is 1. The van der Waals surface area contributed by atoms with Crippen molar-refractivity contribution in [1.82, 2.24) is 4.98 Å². The molecule has 2 rings (SSSR count). The normalized spacial score (nSPS) is 16.8. The zero-order chi connectivity index (χ0) is 19.8. The van der Waals surface area contributed by atoms with Crippen molar-refractivity contribution in [3.8, 4) is 11.3 Å². The Hall–Kier alpha value is -0.160.